The van der Waals surface area contributed by atoms with Crippen molar-refractivity contribution in [3.8, 4) is 0 Å². The Hall–Kier alpha value is -2.01. The van der Waals surface area contributed by atoms with E-state index in [1.807, 2.05) is 0 Å². The van der Waals surface area contributed by atoms with Crippen LogP contribution in [-0.4, -0.2) is 83.9 Å². The standard InChI is InChI=1S/C26H34N4O4S2/c1-25(2,3)21-19(35-23(27-21)29-7-11-33-12-8-29)15-17(31)16(18(15)32)20-22(26(4,5)6)28-24(36-20)30-9-13-34-14-10-30/h7-14H2,1-6H3/p+1. The van der Waals surface area contributed by atoms with Crippen molar-refractivity contribution < 1.29 is 24.0 Å². The van der Waals surface area contributed by atoms with Crippen molar-refractivity contribution in [3.63, 3.8) is 0 Å². The number of ether oxygens (including phenoxy) is 2. The molecule has 0 spiro atoms. The van der Waals surface area contributed by atoms with Crippen LogP contribution in [-0.2, 0) is 19.7 Å². The van der Waals surface area contributed by atoms with E-state index in [2.05, 4.69) is 51.0 Å². The molecule has 0 unspecified atom stereocenters. The summed E-state index contributed by atoms with van der Waals surface area (Å²) in [4.78, 5) is 27.4. The van der Waals surface area contributed by atoms with Crippen molar-refractivity contribution in [2.75, 3.05) is 57.5 Å². The number of aliphatic hydroxyl groups is 1. The van der Waals surface area contributed by atoms with Crippen LogP contribution in [0, 0.1) is 5.41 Å². The van der Waals surface area contributed by atoms with Gasteiger partial charge in [0.2, 0.25) is 5.78 Å². The van der Waals surface area contributed by atoms with Crippen LogP contribution in [0.3, 0.4) is 0 Å². The number of hydrogen-bond donors (Lipinski definition) is 1. The van der Waals surface area contributed by atoms with E-state index in [0.29, 0.717) is 37.6 Å². The predicted molar refractivity (Wildman–Crippen MR) is 146 cm³/mol. The summed E-state index contributed by atoms with van der Waals surface area (Å²) in [6.45, 7) is 18.3. The quantitative estimate of drug-likeness (QED) is 0.456. The number of aromatic nitrogens is 1. The second-order valence-corrected chi connectivity index (χ2v) is 13.4. The Morgan fingerprint density at radius 1 is 0.944 bits per heavy atom. The Balaban J connectivity index is 1.58. The lowest BCUT2D eigenvalue weighted by atomic mass is 9.79. The highest BCUT2D eigenvalue weighted by molar-refractivity contribution is 8.18. The van der Waals surface area contributed by atoms with Crippen LogP contribution < -0.4 is 4.90 Å². The second-order valence-electron chi connectivity index (χ2n) is 11.5. The zero-order chi connectivity index (χ0) is 25.8. The highest BCUT2D eigenvalue weighted by Gasteiger charge is 2.48. The summed E-state index contributed by atoms with van der Waals surface area (Å²) in [5, 5.41) is 13.1. The fourth-order valence-corrected chi connectivity index (χ4v) is 7.32. The molecule has 5 rings (SSSR count). The summed E-state index contributed by atoms with van der Waals surface area (Å²) < 4.78 is 13.2. The molecule has 0 amide bonds. The number of allylic oxidation sites excluding steroid dienone is 3. The summed E-state index contributed by atoms with van der Waals surface area (Å²) in [5.74, 6) is -0.0665. The molecule has 0 atom stereocenters. The minimum atomic E-state index is -0.274. The fraction of sp³-hybridized carbons (Fsp3) is 0.615. The largest absolute Gasteiger partial charge is 0.506 e. The van der Waals surface area contributed by atoms with Crippen LogP contribution in [0.5, 0.6) is 0 Å². The van der Waals surface area contributed by atoms with Gasteiger partial charge in [-0.2, -0.15) is 0 Å². The Morgan fingerprint density at radius 2 is 1.58 bits per heavy atom. The summed E-state index contributed by atoms with van der Waals surface area (Å²) in [6.07, 6.45) is 0. The number of anilines is 1. The van der Waals surface area contributed by atoms with Gasteiger partial charge in [0.1, 0.15) is 18.8 Å². The zero-order valence-corrected chi connectivity index (χ0v) is 23.6. The van der Waals surface area contributed by atoms with Gasteiger partial charge in [-0.05, 0) is 4.99 Å². The fourth-order valence-electron chi connectivity index (χ4n) is 4.58. The molecule has 1 aliphatic carbocycles. The number of nitrogens with zero attached hydrogens (tertiary/aromatic N) is 4. The number of carbonyl (C=O) groups is 1. The molecule has 2 fully saturated rings. The van der Waals surface area contributed by atoms with Gasteiger partial charge in [-0.25, -0.2) is 9.56 Å². The SMILES string of the molecule is CC(C)(C)C1=NC(=[N+]2CCOCC2)S/C1=C1\C(=O)C(c2sc(N3CCOCC3)nc2C(C)(C)C)=C1O. The van der Waals surface area contributed by atoms with Crippen LogP contribution >= 0.6 is 23.1 Å². The van der Waals surface area contributed by atoms with Crippen LogP contribution in [0.15, 0.2) is 21.2 Å². The first kappa shape index (κ1) is 25.6. The van der Waals surface area contributed by atoms with Gasteiger partial charge in [0.15, 0.2) is 10.8 Å². The molecule has 0 saturated carbocycles. The molecular weight excluding hydrogens is 496 g/mol. The maximum Gasteiger partial charge on any atom is 0.359 e. The first-order valence-electron chi connectivity index (χ1n) is 12.5. The van der Waals surface area contributed by atoms with E-state index in [1.165, 1.54) is 23.1 Å². The lowest BCUT2D eigenvalue weighted by Crippen LogP contribution is -2.36. The van der Waals surface area contributed by atoms with Crippen molar-refractivity contribution in [1.82, 2.24) is 4.98 Å². The summed E-state index contributed by atoms with van der Waals surface area (Å²) in [5.41, 5.74) is 1.91. The zero-order valence-electron chi connectivity index (χ0n) is 21.9. The van der Waals surface area contributed by atoms with Crippen LogP contribution in [0.4, 0.5) is 5.13 Å². The third-order valence-corrected chi connectivity index (χ3v) is 8.86. The molecule has 4 aliphatic rings. The Labute approximate surface area is 220 Å². The van der Waals surface area contributed by atoms with Gasteiger partial charge in [0.05, 0.1) is 53.0 Å². The lowest BCUT2D eigenvalue weighted by molar-refractivity contribution is -0.547. The van der Waals surface area contributed by atoms with E-state index in [9.17, 15) is 9.90 Å². The van der Waals surface area contributed by atoms with Crippen molar-refractivity contribution in [3.05, 3.63) is 26.8 Å². The first-order valence-corrected chi connectivity index (χ1v) is 14.1. The molecule has 1 aromatic rings. The van der Waals surface area contributed by atoms with Crippen molar-refractivity contribution in [2.24, 2.45) is 10.4 Å². The molecule has 0 bridgehead atoms. The Morgan fingerprint density at radius 3 is 2.17 bits per heavy atom. The maximum atomic E-state index is 13.7. The van der Waals surface area contributed by atoms with E-state index in [0.717, 1.165) is 57.7 Å². The first-order chi connectivity index (χ1) is 17.0. The topological polar surface area (TPSA) is 87.3 Å². The number of aliphatic imine (C=N–C) groups is 1. The van der Waals surface area contributed by atoms with E-state index in [4.69, 9.17) is 19.5 Å². The Kier molecular flexibility index (Phi) is 6.68. The van der Waals surface area contributed by atoms with E-state index >= 15 is 0 Å². The van der Waals surface area contributed by atoms with Crippen molar-refractivity contribution >= 4 is 50.5 Å². The number of thiazole rings is 1. The molecule has 194 valence electrons. The average Bonchev–Trinajstić information content (AvgIpc) is 3.46. The van der Waals surface area contributed by atoms with Gasteiger partial charge in [0.25, 0.3) is 0 Å². The molecule has 2 saturated heterocycles. The van der Waals surface area contributed by atoms with Crippen LogP contribution in [0.2, 0.25) is 0 Å². The van der Waals surface area contributed by atoms with Crippen LogP contribution in [0.1, 0.15) is 52.1 Å². The normalized spacial score (nSPS) is 24.0. The number of morpholine rings is 2. The molecule has 3 aliphatic heterocycles. The third kappa shape index (κ3) is 4.57. The number of hydrogen-bond acceptors (Lipinski definition) is 8. The van der Waals surface area contributed by atoms with Crippen molar-refractivity contribution in [1.29, 1.82) is 0 Å². The average molecular weight is 532 g/mol. The molecule has 0 aromatic carbocycles. The second kappa shape index (κ2) is 9.38. The van der Waals surface area contributed by atoms with Gasteiger partial charge in [-0.15, -0.1) is 0 Å². The summed E-state index contributed by atoms with van der Waals surface area (Å²) in [6, 6.07) is 0. The van der Waals surface area contributed by atoms with Gasteiger partial charge < -0.3 is 19.5 Å². The minimum Gasteiger partial charge on any atom is -0.506 e. The molecule has 4 heterocycles. The predicted octanol–water partition coefficient (Wildman–Crippen LogP) is 4.02. The van der Waals surface area contributed by atoms with Crippen LogP contribution in [0.25, 0.3) is 5.57 Å². The van der Waals surface area contributed by atoms with Crippen molar-refractivity contribution in [2.45, 2.75) is 47.0 Å². The smallest absolute Gasteiger partial charge is 0.359 e. The number of aliphatic hydroxyl groups excluding tert-OH is 1. The lowest BCUT2D eigenvalue weighted by Gasteiger charge is -2.26. The van der Waals surface area contributed by atoms with E-state index in [1.54, 1.807) is 0 Å². The van der Waals surface area contributed by atoms with E-state index in [-0.39, 0.29) is 22.4 Å². The molecule has 1 N–H and O–H groups in total. The number of Topliss-reactive ketones (excluding diaryl/α,β-unsaturated/α-hetero) is 1. The van der Waals surface area contributed by atoms with Gasteiger partial charge >= 0.3 is 5.17 Å². The molecule has 0 radical (unpaired) electrons. The van der Waals surface area contributed by atoms with E-state index < -0.39 is 0 Å². The number of ketones is 1. The minimum absolute atomic E-state index is 0.0605. The Bertz CT molecular complexity index is 1210. The third-order valence-electron chi connectivity index (χ3n) is 6.60. The highest BCUT2D eigenvalue weighted by atomic mass is 32.2. The molecular formula is C26H35N4O4S2+. The van der Waals surface area contributed by atoms with Gasteiger partial charge in [-0.1, -0.05) is 52.9 Å². The number of rotatable bonds is 2. The molecule has 8 nitrogen and oxygen atoms in total. The molecule has 36 heavy (non-hydrogen) atoms. The number of amidine groups is 1. The maximum absolute atomic E-state index is 13.7. The monoisotopic (exact) mass is 531 g/mol. The van der Waals surface area contributed by atoms with Gasteiger partial charge in [-0.3, -0.25) is 4.79 Å². The summed E-state index contributed by atoms with van der Waals surface area (Å²) >= 11 is 2.98. The highest BCUT2D eigenvalue weighted by Crippen LogP contribution is 2.49. The number of thioether (sulfide) groups is 1. The summed E-state index contributed by atoms with van der Waals surface area (Å²) in [7, 11) is 0. The number of carbonyl (C=O) groups excluding carboxylic acids is 1. The molecule has 10 heteroatoms. The molecule has 1 aromatic heterocycles. The van der Waals surface area contributed by atoms with Gasteiger partial charge in [0, 0.05) is 35.7 Å².